The quantitative estimate of drug-likeness (QED) is 0.522. The Labute approximate surface area is 74.9 Å². The Morgan fingerprint density at radius 2 is 2.46 bits per heavy atom. The fourth-order valence-electron chi connectivity index (χ4n) is 1.41. The van der Waals surface area contributed by atoms with Gasteiger partial charge in [0.1, 0.15) is 6.20 Å². The highest BCUT2D eigenvalue weighted by atomic mass is 16.6. The number of nitro groups is 1. The van der Waals surface area contributed by atoms with E-state index >= 15 is 0 Å². The monoisotopic (exact) mass is 179 g/mol. The van der Waals surface area contributed by atoms with Crippen molar-refractivity contribution in [2.45, 2.75) is 12.8 Å². The number of nitrogens with zero attached hydrogens (tertiary/aromatic N) is 2. The molecule has 0 saturated heterocycles. The second kappa shape index (κ2) is 3.01. The molecule has 68 valence electrons. The van der Waals surface area contributed by atoms with E-state index in [0.29, 0.717) is 0 Å². The summed E-state index contributed by atoms with van der Waals surface area (Å²) >= 11 is 0. The number of fused-ring (bicyclic) bond motifs is 1. The third-order valence-electron chi connectivity index (χ3n) is 2.07. The van der Waals surface area contributed by atoms with E-state index < -0.39 is 4.92 Å². The van der Waals surface area contributed by atoms with Gasteiger partial charge in [0.2, 0.25) is 0 Å². The van der Waals surface area contributed by atoms with Crippen LogP contribution in [0.4, 0.5) is 11.4 Å². The van der Waals surface area contributed by atoms with Crippen LogP contribution in [0, 0.1) is 10.1 Å². The first kappa shape index (κ1) is 7.97. The fourth-order valence-corrected chi connectivity index (χ4v) is 1.41. The van der Waals surface area contributed by atoms with Crippen molar-refractivity contribution in [2.75, 3.05) is 11.9 Å². The molecular formula is C8H9N3O2. The van der Waals surface area contributed by atoms with Gasteiger partial charge in [-0.25, -0.2) is 0 Å². The summed E-state index contributed by atoms with van der Waals surface area (Å²) in [5.74, 6) is 0. The van der Waals surface area contributed by atoms with Crippen molar-refractivity contribution in [3.63, 3.8) is 0 Å². The number of hydrogen-bond donors (Lipinski definition) is 1. The maximum atomic E-state index is 10.4. The first-order valence-electron chi connectivity index (χ1n) is 4.14. The predicted octanol–water partition coefficient (Wildman–Crippen LogP) is 1.35. The van der Waals surface area contributed by atoms with Gasteiger partial charge in [0, 0.05) is 12.6 Å². The number of nitrogens with one attached hydrogen (secondary N) is 1. The van der Waals surface area contributed by atoms with Crippen LogP contribution in [0.5, 0.6) is 0 Å². The minimum atomic E-state index is -0.427. The SMILES string of the molecule is O=[N+]([O-])c1cnc2c(c1)NCCC2. The molecule has 5 heteroatoms. The van der Waals surface area contributed by atoms with Gasteiger partial charge >= 0.3 is 0 Å². The highest BCUT2D eigenvalue weighted by molar-refractivity contribution is 5.54. The summed E-state index contributed by atoms with van der Waals surface area (Å²) in [6.45, 7) is 0.871. The second-order valence-electron chi connectivity index (χ2n) is 2.98. The van der Waals surface area contributed by atoms with Crippen molar-refractivity contribution < 1.29 is 4.92 Å². The maximum absolute atomic E-state index is 10.4. The van der Waals surface area contributed by atoms with Gasteiger partial charge in [0.25, 0.3) is 5.69 Å². The molecule has 0 radical (unpaired) electrons. The first-order chi connectivity index (χ1) is 6.27. The Kier molecular flexibility index (Phi) is 1.84. The summed E-state index contributed by atoms with van der Waals surface area (Å²) in [4.78, 5) is 14.0. The van der Waals surface area contributed by atoms with Gasteiger partial charge in [0.05, 0.1) is 16.3 Å². The van der Waals surface area contributed by atoms with Crippen LogP contribution in [0.2, 0.25) is 0 Å². The fraction of sp³-hybridized carbons (Fsp3) is 0.375. The van der Waals surface area contributed by atoms with E-state index in [1.165, 1.54) is 6.20 Å². The Morgan fingerprint density at radius 3 is 3.23 bits per heavy atom. The van der Waals surface area contributed by atoms with Crippen molar-refractivity contribution in [3.05, 3.63) is 28.1 Å². The average molecular weight is 179 g/mol. The minimum absolute atomic E-state index is 0.0492. The number of rotatable bonds is 1. The van der Waals surface area contributed by atoms with Gasteiger partial charge in [-0.15, -0.1) is 0 Å². The lowest BCUT2D eigenvalue weighted by molar-refractivity contribution is -0.385. The Balaban J connectivity index is 2.40. The third kappa shape index (κ3) is 1.44. The lowest BCUT2D eigenvalue weighted by Gasteiger charge is -2.15. The molecule has 0 saturated carbocycles. The standard InChI is InChI=1S/C8H9N3O2/c12-11(13)6-4-8-7(10-5-6)2-1-3-9-8/h4-5,9H,1-3H2. The molecule has 0 aromatic carbocycles. The highest BCUT2D eigenvalue weighted by Crippen LogP contribution is 2.23. The lowest BCUT2D eigenvalue weighted by atomic mass is 10.1. The molecule has 0 atom stereocenters. The molecule has 2 rings (SSSR count). The summed E-state index contributed by atoms with van der Waals surface area (Å²) in [6, 6.07) is 1.54. The predicted molar refractivity (Wildman–Crippen MR) is 47.7 cm³/mol. The molecule has 5 nitrogen and oxygen atoms in total. The molecule has 1 N–H and O–H groups in total. The van der Waals surface area contributed by atoms with Gasteiger partial charge in [-0.05, 0) is 12.8 Å². The molecule has 2 heterocycles. The van der Waals surface area contributed by atoms with Crippen LogP contribution >= 0.6 is 0 Å². The zero-order valence-electron chi connectivity index (χ0n) is 6.99. The Morgan fingerprint density at radius 1 is 1.62 bits per heavy atom. The van der Waals surface area contributed by atoms with E-state index in [0.717, 1.165) is 30.8 Å². The number of anilines is 1. The van der Waals surface area contributed by atoms with Crippen LogP contribution < -0.4 is 5.32 Å². The highest BCUT2D eigenvalue weighted by Gasteiger charge is 2.14. The summed E-state index contributed by atoms with van der Waals surface area (Å²) in [7, 11) is 0. The topological polar surface area (TPSA) is 68.1 Å². The van der Waals surface area contributed by atoms with E-state index in [2.05, 4.69) is 10.3 Å². The summed E-state index contributed by atoms with van der Waals surface area (Å²) in [5, 5.41) is 13.5. The summed E-state index contributed by atoms with van der Waals surface area (Å²) in [6.07, 6.45) is 3.25. The number of pyridine rings is 1. The van der Waals surface area contributed by atoms with Crippen LogP contribution in [0.15, 0.2) is 12.3 Å². The molecule has 0 bridgehead atoms. The molecule has 0 spiro atoms. The van der Waals surface area contributed by atoms with Crippen molar-refractivity contribution >= 4 is 11.4 Å². The van der Waals surface area contributed by atoms with Crippen LogP contribution in [-0.2, 0) is 6.42 Å². The van der Waals surface area contributed by atoms with Crippen molar-refractivity contribution in [1.82, 2.24) is 4.98 Å². The number of hydrogen-bond acceptors (Lipinski definition) is 4. The molecule has 0 unspecified atom stereocenters. The molecule has 1 aromatic rings. The smallest absolute Gasteiger partial charge is 0.289 e. The van der Waals surface area contributed by atoms with Crippen LogP contribution in [0.25, 0.3) is 0 Å². The van der Waals surface area contributed by atoms with Gasteiger partial charge in [0.15, 0.2) is 0 Å². The van der Waals surface area contributed by atoms with E-state index in [4.69, 9.17) is 0 Å². The largest absolute Gasteiger partial charge is 0.383 e. The molecule has 1 aliphatic heterocycles. The molecule has 0 amide bonds. The van der Waals surface area contributed by atoms with Crippen LogP contribution in [-0.4, -0.2) is 16.5 Å². The van der Waals surface area contributed by atoms with Gasteiger partial charge in [-0.2, -0.15) is 0 Å². The maximum Gasteiger partial charge on any atom is 0.289 e. The van der Waals surface area contributed by atoms with Crippen LogP contribution in [0.3, 0.4) is 0 Å². The summed E-state index contributed by atoms with van der Waals surface area (Å²) < 4.78 is 0. The zero-order valence-corrected chi connectivity index (χ0v) is 6.99. The van der Waals surface area contributed by atoms with E-state index in [9.17, 15) is 10.1 Å². The van der Waals surface area contributed by atoms with Crippen molar-refractivity contribution in [2.24, 2.45) is 0 Å². The summed E-state index contributed by atoms with van der Waals surface area (Å²) in [5.41, 5.74) is 1.78. The molecule has 0 aliphatic carbocycles. The lowest BCUT2D eigenvalue weighted by Crippen LogP contribution is -2.13. The normalized spacial score (nSPS) is 14.5. The van der Waals surface area contributed by atoms with E-state index in [1.54, 1.807) is 6.07 Å². The molecule has 1 aliphatic rings. The average Bonchev–Trinajstić information content (AvgIpc) is 2.17. The molecular weight excluding hydrogens is 170 g/mol. The molecule has 0 fully saturated rings. The zero-order chi connectivity index (χ0) is 9.26. The first-order valence-corrected chi connectivity index (χ1v) is 4.14. The molecule has 1 aromatic heterocycles. The Hall–Kier alpha value is -1.65. The minimum Gasteiger partial charge on any atom is -0.383 e. The number of aromatic nitrogens is 1. The number of aryl methyl sites for hydroxylation is 1. The van der Waals surface area contributed by atoms with Gasteiger partial charge in [-0.1, -0.05) is 0 Å². The van der Waals surface area contributed by atoms with Gasteiger partial charge < -0.3 is 5.32 Å². The third-order valence-corrected chi connectivity index (χ3v) is 2.07. The van der Waals surface area contributed by atoms with E-state index in [1.807, 2.05) is 0 Å². The second-order valence-corrected chi connectivity index (χ2v) is 2.98. The van der Waals surface area contributed by atoms with Crippen molar-refractivity contribution in [3.8, 4) is 0 Å². The van der Waals surface area contributed by atoms with Crippen molar-refractivity contribution in [1.29, 1.82) is 0 Å². The van der Waals surface area contributed by atoms with E-state index in [-0.39, 0.29) is 5.69 Å². The van der Waals surface area contributed by atoms with Crippen LogP contribution in [0.1, 0.15) is 12.1 Å². The molecule has 13 heavy (non-hydrogen) atoms. The Bertz CT molecular complexity index is 351. The van der Waals surface area contributed by atoms with Gasteiger partial charge in [-0.3, -0.25) is 15.1 Å².